The van der Waals surface area contributed by atoms with Crippen LogP contribution in [0.15, 0.2) is 47.9 Å². The maximum atomic E-state index is 12.1. The summed E-state index contributed by atoms with van der Waals surface area (Å²) in [5, 5.41) is 12.6. The summed E-state index contributed by atoms with van der Waals surface area (Å²) in [7, 11) is 1.84. The van der Waals surface area contributed by atoms with E-state index in [0.29, 0.717) is 26.7 Å². The summed E-state index contributed by atoms with van der Waals surface area (Å²) in [4.78, 5) is 16.2. The van der Waals surface area contributed by atoms with Gasteiger partial charge in [0, 0.05) is 30.0 Å². The van der Waals surface area contributed by atoms with Crippen LogP contribution < -0.4 is 5.32 Å². The summed E-state index contributed by atoms with van der Waals surface area (Å²) >= 11 is 13.2. The molecule has 2 aromatic heterocycles. The molecule has 0 radical (unpaired) electrons. The predicted octanol–water partition coefficient (Wildman–Crippen LogP) is 3.91. The Balaban J connectivity index is 1.65. The summed E-state index contributed by atoms with van der Waals surface area (Å²) in [5.41, 5.74) is 1.34. The third-order valence-electron chi connectivity index (χ3n) is 3.29. The van der Waals surface area contributed by atoms with E-state index in [9.17, 15) is 4.79 Å². The van der Waals surface area contributed by atoms with E-state index in [1.807, 2.05) is 23.7 Å². The number of amides is 1. The van der Waals surface area contributed by atoms with Crippen LogP contribution in [-0.2, 0) is 11.8 Å². The molecular formula is C16H13Cl2N5OS. The average molecular weight is 394 g/mol. The summed E-state index contributed by atoms with van der Waals surface area (Å²) in [6.45, 7) is 0. The molecule has 6 nitrogen and oxygen atoms in total. The number of hydrogen-bond donors (Lipinski definition) is 1. The highest BCUT2D eigenvalue weighted by Gasteiger charge is 2.13. The van der Waals surface area contributed by atoms with Crippen LogP contribution in [0.3, 0.4) is 0 Å². The van der Waals surface area contributed by atoms with Crippen molar-refractivity contribution in [3.8, 4) is 11.4 Å². The molecule has 0 bridgehead atoms. The summed E-state index contributed by atoms with van der Waals surface area (Å²) in [6.07, 6.45) is 3.41. The van der Waals surface area contributed by atoms with Gasteiger partial charge in [0.2, 0.25) is 5.91 Å². The van der Waals surface area contributed by atoms with Crippen LogP contribution in [0.1, 0.15) is 0 Å². The molecule has 1 N–H and O–H groups in total. The highest BCUT2D eigenvalue weighted by Crippen LogP contribution is 2.26. The molecule has 0 unspecified atom stereocenters. The Labute approximate surface area is 158 Å². The van der Waals surface area contributed by atoms with Crippen LogP contribution in [0.5, 0.6) is 0 Å². The lowest BCUT2D eigenvalue weighted by Crippen LogP contribution is -2.14. The maximum absolute atomic E-state index is 12.1. The van der Waals surface area contributed by atoms with Crippen molar-refractivity contribution in [2.75, 3.05) is 11.1 Å². The summed E-state index contributed by atoms with van der Waals surface area (Å²) in [5.74, 6) is 0.649. The van der Waals surface area contributed by atoms with E-state index in [2.05, 4.69) is 20.5 Å². The first kappa shape index (κ1) is 17.7. The SMILES string of the molecule is Cn1c(SCC(=O)Nc2cc(Cl)ccc2Cl)nnc1-c1cccnc1. The lowest BCUT2D eigenvalue weighted by atomic mass is 10.3. The van der Waals surface area contributed by atoms with Gasteiger partial charge in [-0.15, -0.1) is 10.2 Å². The van der Waals surface area contributed by atoms with E-state index in [-0.39, 0.29) is 11.7 Å². The summed E-state index contributed by atoms with van der Waals surface area (Å²) in [6, 6.07) is 8.64. The Morgan fingerprint density at radius 2 is 2.12 bits per heavy atom. The standard InChI is InChI=1S/C16H13Cl2N5OS/c1-23-15(10-3-2-6-19-8-10)21-22-16(23)25-9-14(24)20-13-7-11(17)4-5-12(13)18/h2-8H,9H2,1H3,(H,20,24). The highest BCUT2D eigenvalue weighted by atomic mass is 35.5. The van der Waals surface area contributed by atoms with Gasteiger partial charge in [-0.1, -0.05) is 35.0 Å². The van der Waals surface area contributed by atoms with Crippen molar-refractivity contribution in [1.82, 2.24) is 19.7 Å². The molecule has 2 heterocycles. The van der Waals surface area contributed by atoms with Crippen LogP contribution in [0.2, 0.25) is 10.0 Å². The number of nitrogens with zero attached hydrogens (tertiary/aromatic N) is 4. The lowest BCUT2D eigenvalue weighted by Gasteiger charge is -2.07. The second kappa shape index (κ2) is 7.86. The fourth-order valence-electron chi connectivity index (χ4n) is 2.10. The van der Waals surface area contributed by atoms with Gasteiger partial charge in [-0.3, -0.25) is 9.78 Å². The normalized spacial score (nSPS) is 10.7. The van der Waals surface area contributed by atoms with Gasteiger partial charge >= 0.3 is 0 Å². The smallest absolute Gasteiger partial charge is 0.234 e. The number of aromatic nitrogens is 4. The first-order valence-electron chi connectivity index (χ1n) is 7.22. The molecule has 3 aromatic rings. The molecule has 0 aliphatic rings. The minimum atomic E-state index is -0.208. The van der Waals surface area contributed by atoms with Crippen molar-refractivity contribution >= 4 is 46.6 Å². The fourth-order valence-corrected chi connectivity index (χ4v) is 3.14. The van der Waals surface area contributed by atoms with E-state index < -0.39 is 0 Å². The molecular weight excluding hydrogens is 381 g/mol. The molecule has 0 fully saturated rings. The third-order valence-corrected chi connectivity index (χ3v) is 4.87. The van der Waals surface area contributed by atoms with Crippen LogP contribution in [-0.4, -0.2) is 31.4 Å². The van der Waals surface area contributed by atoms with Gasteiger partial charge in [-0.2, -0.15) is 0 Å². The minimum absolute atomic E-state index is 0.169. The zero-order valence-electron chi connectivity index (χ0n) is 13.1. The molecule has 9 heteroatoms. The lowest BCUT2D eigenvalue weighted by molar-refractivity contribution is -0.113. The topological polar surface area (TPSA) is 72.7 Å². The van der Waals surface area contributed by atoms with Crippen molar-refractivity contribution < 1.29 is 4.79 Å². The first-order valence-corrected chi connectivity index (χ1v) is 8.96. The number of benzene rings is 1. The van der Waals surface area contributed by atoms with Gasteiger partial charge in [-0.25, -0.2) is 0 Å². The van der Waals surface area contributed by atoms with Crippen molar-refractivity contribution in [2.24, 2.45) is 7.05 Å². The van der Waals surface area contributed by atoms with Crippen LogP contribution >= 0.6 is 35.0 Å². The largest absolute Gasteiger partial charge is 0.324 e. The van der Waals surface area contributed by atoms with E-state index in [1.54, 1.807) is 30.6 Å². The number of thioether (sulfide) groups is 1. The highest BCUT2D eigenvalue weighted by molar-refractivity contribution is 7.99. The van der Waals surface area contributed by atoms with Gasteiger partial charge in [0.1, 0.15) is 0 Å². The Morgan fingerprint density at radius 3 is 2.88 bits per heavy atom. The van der Waals surface area contributed by atoms with E-state index in [0.717, 1.165) is 5.56 Å². The molecule has 0 spiro atoms. The van der Waals surface area contributed by atoms with Crippen LogP contribution in [0, 0.1) is 0 Å². The van der Waals surface area contributed by atoms with Gasteiger partial charge in [0.25, 0.3) is 0 Å². The Bertz CT molecular complexity index is 901. The van der Waals surface area contributed by atoms with E-state index in [1.165, 1.54) is 11.8 Å². The average Bonchev–Trinajstić information content (AvgIpc) is 2.98. The number of carbonyl (C=O) groups is 1. The van der Waals surface area contributed by atoms with Gasteiger partial charge in [0.05, 0.1) is 16.5 Å². The second-order valence-electron chi connectivity index (χ2n) is 5.07. The van der Waals surface area contributed by atoms with Gasteiger partial charge in [0.15, 0.2) is 11.0 Å². The van der Waals surface area contributed by atoms with Crippen LogP contribution in [0.25, 0.3) is 11.4 Å². The van der Waals surface area contributed by atoms with Gasteiger partial charge < -0.3 is 9.88 Å². The molecule has 0 saturated heterocycles. The quantitative estimate of drug-likeness (QED) is 0.665. The molecule has 1 amide bonds. The van der Waals surface area contributed by atoms with Crippen molar-refractivity contribution in [2.45, 2.75) is 5.16 Å². The Hall–Kier alpha value is -2.09. The number of hydrogen-bond acceptors (Lipinski definition) is 5. The van der Waals surface area contributed by atoms with Crippen molar-refractivity contribution in [3.05, 3.63) is 52.8 Å². The molecule has 3 rings (SSSR count). The summed E-state index contributed by atoms with van der Waals surface area (Å²) < 4.78 is 1.82. The molecule has 0 aliphatic heterocycles. The van der Waals surface area contributed by atoms with E-state index in [4.69, 9.17) is 23.2 Å². The molecule has 0 saturated carbocycles. The maximum Gasteiger partial charge on any atom is 0.234 e. The van der Waals surface area contributed by atoms with Crippen molar-refractivity contribution in [3.63, 3.8) is 0 Å². The Kier molecular flexibility index (Phi) is 5.57. The molecule has 25 heavy (non-hydrogen) atoms. The molecule has 0 atom stereocenters. The number of halogens is 2. The fraction of sp³-hybridized carbons (Fsp3) is 0.125. The zero-order chi connectivity index (χ0) is 17.8. The van der Waals surface area contributed by atoms with E-state index >= 15 is 0 Å². The number of rotatable bonds is 5. The zero-order valence-corrected chi connectivity index (χ0v) is 15.4. The Morgan fingerprint density at radius 1 is 1.28 bits per heavy atom. The van der Waals surface area contributed by atoms with Gasteiger partial charge in [-0.05, 0) is 30.3 Å². The number of carbonyl (C=O) groups excluding carboxylic acids is 1. The number of nitrogens with one attached hydrogen (secondary N) is 1. The molecule has 0 aliphatic carbocycles. The number of anilines is 1. The third kappa shape index (κ3) is 4.31. The second-order valence-corrected chi connectivity index (χ2v) is 6.85. The van der Waals surface area contributed by atoms with Crippen molar-refractivity contribution in [1.29, 1.82) is 0 Å². The molecule has 128 valence electrons. The van der Waals surface area contributed by atoms with Crippen LogP contribution in [0.4, 0.5) is 5.69 Å². The first-order chi connectivity index (χ1) is 12.0. The predicted molar refractivity (Wildman–Crippen MR) is 100 cm³/mol. The molecule has 1 aromatic carbocycles. The number of pyridine rings is 1. The minimum Gasteiger partial charge on any atom is -0.324 e. The monoisotopic (exact) mass is 393 g/mol.